The number of hydrogen-bond donors (Lipinski definition) is 1. The number of alkyl carbamates (subject to hydrolysis) is 1. The van der Waals surface area contributed by atoms with E-state index in [2.05, 4.69) is 11.4 Å². The van der Waals surface area contributed by atoms with Crippen molar-refractivity contribution in [2.45, 2.75) is 19.1 Å². The minimum absolute atomic E-state index is 0.0635. The van der Waals surface area contributed by atoms with Gasteiger partial charge in [0, 0.05) is 0 Å². The highest BCUT2D eigenvalue weighted by molar-refractivity contribution is 5.70. The standard InChI is InChI=1S/C11H10N2O2/c1-7-10(15-11(14)13-7)9-4-2-3-8(5-9)6-12/h2-5,7,10H,1H3,(H,13,14)/t7-,10-/m0/s1. The van der Waals surface area contributed by atoms with E-state index in [1.165, 1.54) is 0 Å². The van der Waals surface area contributed by atoms with Crippen molar-refractivity contribution in [2.24, 2.45) is 0 Å². The number of nitriles is 1. The van der Waals surface area contributed by atoms with Gasteiger partial charge in [0.15, 0.2) is 0 Å². The van der Waals surface area contributed by atoms with Gasteiger partial charge >= 0.3 is 6.09 Å². The van der Waals surface area contributed by atoms with Crippen molar-refractivity contribution in [1.82, 2.24) is 5.32 Å². The number of carbonyl (C=O) groups excluding carboxylic acids is 1. The molecule has 1 heterocycles. The Balaban J connectivity index is 2.30. The molecule has 2 rings (SSSR count). The average Bonchev–Trinajstić information content (AvgIpc) is 2.58. The zero-order chi connectivity index (χ0) is 10.8. The van der Waals surface area contributed by atoms with Gasteiger partial charge in [0.05, 0.1) is 17.7 Å². The number of amides is 1. The summed E-state index contributed by atoms with van der Waals surface area (Å²) >= 11 is 0. The molecule has 0 spiro atoms. The van der Waals surface area contributed by atoms with Crippen LogP contribution in [0, 0.1) is 11.3 Å². The first-order valence-electron chi connectivity index (χ1n) is 4.68. The van der Waals surface area contributed by atoms with Crippen LogP contribution in [0.15, 0.2) is 24.3 Å². The topological polar surface area (TPSA) is 62.1 Å². The molecule has 1 fully saturated rings. The third-order valence-corrected chi connectivity index (χ3v) is 2.38. The first-order chi connectivity index (χ1) is 7.20. The fraction of sp³-hybridized carbons (Fsp3) is 0.273. The summed E-state index contributed by atoms with van der Waals surface area (Å²) in [5.74, 6) is 0. The van der Waals surface area contributed by atoms with Gasteiger partial charge in [-0.25, -0.2) is 4.79 Å². The second-order valence-corrected chi connectivity index (χ2v) is 3.50. The van der Waals surface area contributed by atoms with Gasteiger partial charge in [-0.2, -0.15) is 5.26 Å². The van der Waals surface area contributed by atoms with Crippen LogP contribution < -0.4 is 5.32 Å². The first kappa shape index (κ1) is 9.53. The van der Waals surface area contributed by atoms with Crippen LogP contribution in [0.3, 0.4) is 0 Å². The molecule has 0 saturated carbocycles. The smallest absolute Gasteiger partial charge is 0.408 e. The van der Waals surface area contributed by atoms with E-state index in [0.29, 0.717) is 5.56 Å². The van der Waals surface area contributed by atoms with Crippen molar-refractivity contribution < 1.29 is 9.53 Å². The van der Waals surface area contributed by atoms with E-state index in [1.807, 2.05) is 13.0 Å². The van der Waals surface area contributed by atoms with Gasteiger partial charge < -0.3 is 10.1 Å². The SMILES string of the molecule is C[C@@H]1NC(=O)O[C@@H]1c1cccc(C#N)c1. The minimum atomic E-state index is -0.408. The van der Waals surface area contributed by atoms with Gasteiger partial charge in [-0.15, -0.1) is 0 Å². The average molecular weight is 202 g/mol. The van der Waals surface area contributed by atoms with Crippen LogP contribution in [0.25, 0.3) is 0 Å². The molecule has 0 aromatic heterocycles. The number of hydrogen-bond acceptors (Lipinski definition) is 3. The van der Waals surface area contributed by atoms with Crippen LogP contribution >= 0.6 is 0 Å². The van der Waals surface area contributed by atoms with Gasteiger partial charge in [-0.1, -0.05) is 12.1 Å². The molecule has 1 aromatic carbocycles. The molecular formula is C11H10N2O2. The number of benzene rings is 1. The monoisotopic (exact) mass is 202 g/mol. The van der Waals surface area contributed by atoms with Crippen molar-refractivity contribution in [3.8, 4) is 6.07 Å². The molecule has 2 atom stereocenters. The van der Waals surface area contributed by atoms with Gasteiger partial charge in [0.1, 0.15) is 6.10 Å². The Hall–Kier alpha value is -2.02. The maximum absolute atomic E-state index is 11.0. The highest BCUT2D eigenvalue weighted by Crippen LogP contribution is 2.26. The Kier molecular flexibility index (Phi) is 2.30. The molecule has 76 valence electrons. The molecule has 0 unspecified atom stereocenters. The summed E-state index contributed by atoms with van der Waals surface area (Å²) in [4.78, 5) is 11.0. The molecule has 4 heteroatoms. The molecule has 4 nitrogen and oxygen atoms in total. The van der Waals surface area contributed by atoms with Gasteiger partial charge in [-0.3, -0.25) is 0 Å². The Morgan fingerprint density at radius 3 is 2.93 bits per heavy atom. The second-order valence-electron chi connectivity index (χ2n) is 3.50. The lowest BCUT2D eigenvalue weighted by molar-refractivity contribution is 0.134. The van der Waals surface area contributed by atoms with E-state index in [9.17, 15) is 4.79 Å². The maximum Gasteiger partial charge on any atom is 0.408 e. The zero-order valence-corrected chi connectivity index (χ0v) is 8.23. The van der Waals surface area contributed by atoms with Gasteiger partial charge in [0.2, 0.25) is 0 Å². The summed E-state index contributed by atoms with van der Waals surface area (Å²) in [6.45, 7) is 1.87. The Morgan fingerprint density at radius 2 is 2.33 bits per heavy atom. The molecule has 1 saturated heterocycles. The fourth-order valence-electron chi connectivity index (χ4n) is 1.65. The van der Waals surface area contributed by atoms with Crippen LogP contribution in [0.1, 0.15) is 24.2 Å². The Bertz CT molecular complexity index is 436. The van der Waals surface area contributed by atoms with E-state index < -0.39 is 6.09 Å². The van der Waals surface area contributed by atoms with Crippen molar-refractivity contribution >= 4 is 6.09 Å². The zero-order valence-electron chi connectivity index (χ0n) is 8.23. The summed E-state index contributed by atoms with van der Waals surface area (Å²) in [5.41, 5.74) is 1.42. The minimum Gasteiger partial charge on any atom is -0.439 e. The van der Waals surface area contributed by atoms with Crippen molar-refractivity contribution in [2.75, 3.05) is 0 Å². The predicted molar refractivity (Wildman–Crippen MR) is 53.0 cm³/mol. The number of carbonyl (C=O) groups is 1. The van der Waals surface area contributed by atoms with Crippen molar-refractivity contribution in [3.05, 3.63) is 35.4 Å². The summed E-state index contributed by atoms with van der Waals surface area (Å²) in [5, 5.41) is 11.4. The third kappa shape index (κ3) is 1.77. The Labute approximate surface area is 87.5 Å². The molecule has 0 bridgehead atoms. The van der Waals surface area contributed by atoms with Crippen molar-refractivity contribution in [1.29, 1.82) is 5.26 Å². The summed E-state index contributed by atoms with van der Waals surface area (Å²) in [6.07, 6.45) is -0.708. The number of nitrogens with zero attached hydrogens (tertiary/aromatic N) is 1. The summed E-state index contributed by atoms with van der Waals surface area (Å²) < 4.78 is 5.10. The quantitative estimate of drug-likeness (QED) is 0.754. The van der Waals surface area contributed by atoms with Crippen LogP contribution in [0.2, 0.25) is 0 Å². The fourth-order valence-corrected chi connectivity index (χ4v) is 1.65. The van der Waals surface area contributed by atoms with Crippen LogP contribution in [-0.2, 0) is 4.74 Å². The maximum atomic E-state index is 11.0. The van der Waals surface area contributed by atoms with Crippen LogP contribution in [-0.4, -0.2) is 12.1 Å². The largest absolute Gasteiger partial charge is 0.439 e. The molecule has 1 aliphatic rings. The highest BCUT2D eigenvalue weighted by atomic mass is 16.6. The van der Waals surface area contributed by atoms with E-state index in [4.69, 9.17) is 10.00 Å². The third-order valence-electron chi connectivity index (χ3n) is 2.38. The van der Waals surface area contributed by atoms with Gasteiger partial charge in [-0.05, 0) is 24.6 Å². The summed E-state index contributed by atoms with van der Waals surface area (Å²) in [7, 11) is 0. The molecule has 0 radical (unpaired) electrons. The van der Waals surface area contributed by atoms with E-state index in [0.717, 1.165) is 5.56 Å². The molecule has 1 aliphatic heterocycles. The molecular weight excluding hydrogens is 192 g/mol. The number of nitrogens with one attached hydrogen (secondary N) is 1. The lowest BCUT2D eigenvalue weighted by Crippen LogP contribution is -2.23. The molecule has 1 amide bonds. The second kappa shape index (κ2) is 3.62. The first-order valence-corrected chi connectivity index (χ1v) is 4.68. The Morgan fingerprint density at radius 1 is 1.53 bits per heavy atom. The van der Waals surface area contributed by atoms with Crippen molar-refractivity contribution in [3.63, 3.8) is 0 Å². The number of rotatable bonds is 1. The lowest BCUT2D eigenvalue weighted by atomic mass is 10.0. The lowest BCUT2D eigenvalue weighted by Gasteiger charge is -2.12. The van der Waals surface area contributed by atoms with E-state index in [1.54, 1.807) is 18.2 Å². The highest BCUT2D eigenvalue weighted by Gasteiger charge is 2.31. The molecule has 0 aliphatic carbocycles. The summed E-state index contributed by atoms with van der Waals surface area (Å²) in [6, 6.07) is 9.08. The molecule has 15 heavy (non-hydrogen) atoms. The van der Waals surface area contributed by atoms with Gasteiger partial charge in [0.25, 0.3) is 0 Å². The van der Waals surface area contributed by atoms with E-state index >= 15 is 0 Å². The molecule has 1 aromatic rings. The predicted octanol–water partition coefficient (Wildman–Crippen LogP) is 1.73. The normalized spacial score (nSPS) is 24.1. The van der Waals surface area contributed by atoms with Crippen LogP contribution in [0.5, 0.6) is 0 Å². The number of cyclic esters (lactones) is 1. The number of ether oxygens (including phenoxy) is 1. The van der Waals surface area contributed by atoms with Crippen LogP contribution in [0.4, 0.5) is 4.79 Å². The molecule has 1 N–H and O–H groups in total. The van der Waals surface area contributed by atoms with E-state index in [-0.39, 0.29) is 12.1 Å².